The monoisotopic (exact) mass is 279 g/mol. The van der Waals surface area contributed by atoms with Gasteiger partial charge in [-0.05, 0) is 15.9 Å². The van der Waals surface area contributed by atoms with Gasteiger partial charge >= 0.3 is 0 Å². The number of anilines is 1. The maximum Gasteiger partial charge on any atom is 0.222 e. The minimum atomic E-state index is -0.146. The minimum Gasteiger partial charge on any atom is -0.308 e. The van der Waals surface area contributed by atoms with Crippen LogP contribution in [0.3, 0.4) is 0 Å². The van der Waals surface area contributed by atoms with Crippen LogP contribution in [0, 0.1) is 0 Å². The summed E-state index contributed by atoms with van der Waals surface area (Å²) < 4.78 is 0.758. The Morgan fingerprint density at radius 3 is 2.69 bits per heavy atom. The van der Waals surface area contributed by atoms with E-state index < -0.39 is 0 Å². The molecule has 0 unspecified atom stereocenters. The van der Waals surface area contributed by atoms with Crippen molar-refractivity contribution in [1.82, 2.24) is 10.2 Å². The zero-order chi connectivity index (χ0) is 11.5. The molecular weight excluding hydrogens is 270 g/mol. The minimum absolute atomic E-state index is 0.146. The van der Waals surface area contributed by atoms with Crippen LogP contribution in [0.5, 0.6) is 0 Å². The highest BCUT2D eigenvalue weighted by Gasteiger charge is 2.12. The molecule has 2 aromatic rings. The zero-order valence-electron chi connectivity index (χ0n) is 8.62. The number of aromatic nitrogens is 2. The summed E-state index contributed by atoms with van der Waals surface area (Å²) in [6, 6.07) is 9.77. The summed E-state index contributed by atoms with van der Waals surface area (Å²) in [5.74, 6) is 0.359. The molecule has 0 bridgehead atoms. The molecule has 0 spiro atoms. The number of aromatic amines is 1. The molecule has 0 atom stereocenters. The van der Waals surface area contributed by atoms with Crippen LogP contribution in [-0.2, 0) is 4.79 Å². The van der Waals surface area contributed by atoms with Gasteiger partial charge in [0.25, 0.3) is 0 Å². The molecule has 2 rings (SSSR count). The molecule has 1 aromatic heterocycles. The van der Waals surface area contributed by atoms with Gasteiger partial charge in [0.15, 0.2) is 5.82 Å². The van der Waals surface area contributed by atoms with E-state index >= 15 is 0 Å². The van der Waals surface area contributed by atoms with Gasteiger partial charge in [-0.15, -0.1) is 0 Å². The Labute approximate surface area is 101 Å². The fourth-order valence-electron chi connectivity index (χ4n) is 1.37. The fourth-order valence-corrected chi connectivity index (χ4v) is 1.88. The number of halogens is 1. The summed E-state index contributed by atoms with van der Waals surface area (Å²) in [6.07, 6.45) is 0. The molecule has 0 saturated carbocycles. The molecular formula is C11H10BrN3O. The molecule has 0 saturated heterocycles. The second kappa shape index (κ2) is 4.49. The average Bonchev–Trinajstić information content (AvgIpc) is 2.61. The van der Waals surface area contributed by atoms with Gasteiger partial charge in [0.2, 0.25) is 5.91 Å². The third kappa shape index (κ3) is 2.14. The molecule has 82 valence electrons. The lowest BCUT2D eigenvalue weighted by Gasteiger charge is -1.99. The highest BCUT2D eigenvalue weighted by molar-refractivity contribution is 9.10. The van der Waals surface area contributed by atoms with E-state index in [-0.39, 0.29) is 5.91 Å². The van der Waals surface area contributed by atoms with Crippen molar-refractivity contribution in [3.8, 4) is 11.3 Å². The maximum atomic E-state index is 10.9. The van der Waals surface area contributed by atoms with Crippen LogP contribution in [0.25, 0.3) is 11.3 Å². The van der Waals surface area contributed by atoms with Crippen LogP contribution in [0.1, 0.15) is 6.92 Å². The first-order valence-electron chi connectivity index (χ1n) is 4.75. The van der Waals surface area contributed by atoms with Crippen molar-refractivity contribution in [3.05, 3.63) is 34.8 Å². The Kier molecular flexibility index (Phi) is 3.05. The van der Waals surface area contributed by atoms with Crippen LogP contribution in [0.15, 0.2) is 34.8 Å². The molecule has 1 aromatic carbocycles. The average molecular weight is 280 g/mol. The number of rotatable bonds is 2. The number of hydrogen-bond acceptors (Lipinski definition) is 2. The Morgan fingerprint density at radius 2 is 2.06 bits per heavy atom. The van der Waals surface area contributed by atoms with Crippen LogP contribution in [0.2, 0.25) is 0 Å². The fraction of sp³-hybridized carbons (Fsp3) is 0.0909. The molecule has 1 heterocycles. The Morgan fingerprint density at radius 1 is 1.38 bits per heavy atom. The SMILES string of the molecule is CC(=O)Nc1n[nH]c(-c2ccccc2)c1Br. The Balaban J connectivity index is 2.37. The number of benzene rings is 1. The summed E-state index contributed by atoms with van der Waals surface area (Å²) >= 11 is 3.41. The van der Waals surface area contributed by atoms with E-state index in [1.165, 1.54) is 6.92 Å². The number of nitrogens with zero attached hydrogens (tertiary/aromatic N) is 1. The normalized spacial score (nSPS) is 10.1. The Hall–Kier alpha value is -1.62. The number of H-pyrrole nitrogens is 1. The number of hydrogen-bond donors (Lipinski definition) is 2. The van der Waals surface area contributed by atoms with Crippen molar-refractivity contribution in [2.45, 2.75) is 6.92 Å². The molecule has 4 nitrogen and oxygen atoms in total. The van der Waals surface area contributed by atoms with E-state index in [1.807, 2.05) is 30.3 Å². The van der Waals surface area contributed by atoms with Gasteiger partial charge in [-0.1, -0.05) is 30.3 Å². The predicted molar refractivity (Wildman–Crippen MR) is 66.0 cm³/mol. The van der Waals surface area contributed by atoms with E-state index in [2.05, 4.69) is 31.4 Å². The highest BCUT2D eigenvalue weighted by atomic mass is 79.9. The third-order valence-electron chi connectivity index (χ3n) is 2.06. The lowest BCUT2D eigenvalue weighted by atomic mass is 10.1. The molecule has 16 heavy (non-hydrogen) atoms. The second-order valence-electron chi connectivity index (χ2n) is 3.31. The third-order valence-corrected chi connectivity index (χ3v) is 2.84. The van der Waals surface area contributed by atoms with Crippen molar-refractivity contribution < 1.29 is 4.79 Å². The van der Waals surface area contributed by atoms with Crippen molar-refractivity contribution in [2.75, 3.05) is 5.32 Å². The molecule has 1 amide bonds. The van der Waals surface area contributed by atoms with Crippen LogP contribution in [0.4, 0.5) is 5.82 Å². The lowest BCUT2D eigenvalue weighted by molar-refractivity contribution is -0.114. The van der Waals surface area contributed by atoms with Crippen molar-refractivity contribution in [1.29, 1.82) is 0 Å². The van der Waals surface area contributed by atoms with Gasteiger partial charge in [0.05, 0.1) is 10.2 Å². The smallest absolute Gasteiger partial charge is 0.222 e. The molecule has 0 aliphatic carbocycles. The zero-order valence-corrected chi connectivity index (χ0v) is 10.2. The van der Waals surface area contributed by atoms with Gasteiger partial charge < -0.3 is 5.32 Å². The predicted octanol–water partition coefficient (Wildman–Crippen LogP) is 2.80. The van der Waals surface area contributed by atoms with Crippen LogP contribution in [-0.4, -0.2) is 16.1 Å². The number of nitrogens with one attached hydrogen (secondary N) is 2. The maximum absolute atomic E-state index is 10.9. The van der Waals surface area contributed by atoms with Gasteiger partial charge in [0, 0.05) is 12.5 Å². The summed E-state index contributed by atoms with van der Waals surface area (Å²) in [5, 5.41) is 9.55. The standard InChI is InChI=1S/C11H10BrN3O/c1-7(16)13-11-9(12)10(14-15-11)8-5-3-2-4-6-8/h2-6H,1H3,(H2,13,14,15,16). The lowest BCUT2D eigenvalue weighted by Crippen LogP contribution is -2.06. The first-order chi connectivity index (χ1) is 7.68. The molecule has 0 radical (unpaired) electrons. The summed E-state index contributed by atoms with van der Waals surface area (Å²) in [7, 11) is 0. The summed E-state index contributed by atoms with van der Waals surface area (Å²) in [4.78, 5) is 10.9. The molecule has 0 aliphatic heterocycles. The first-order valence-corrected chi connectivity index (χ1v) is 5.54. The van der Waals surface area contributed by atoms with E-state index in [9.17, 15) is 4.79 Å². The molecule has 5 heteroatoms. The first kappa shape index (κ1) is 10.9. The van der Waals surface area contributed by atoms with E-state index in [1.54, 1.807) is 0 Å². The van der Waals surface area contributed by atoms with Crippen LogP contribution < -0.4 is 5.32 Å². The quantitative estimate of drug-likeness (QED) is 0.888. The number of amides is 1. The highest BCUT2D eigenvalue weighted by Crippen LogP contribution is 2.31. The summed E-state index contributed by atoms with van der Waals surface area (Å²) in [6.45, 7) is 1.45. The molecule has 0 fully saturated rings. The number of carbonyl (C=O) groups is 1. The van der Waals surface area contributed by atoms with E-state index in [0.717, 1.165) is 15.7 Å². The van der Waals surface area contributed by atoms with E-state index in [4.69, 9.17) is 0 Å². The second-order valence-corrected chi connectivity index (χ2v) is 4.10. The van der Waals surface area contributed by atoms with Crippen molar-refractivity contribution in [2.24, 2.45) is 0 Å². The van der Waals surface area contributed by atoms with Crippen molar-refractivity contribution in [3.63, 3.8) is 0 Å². The Bertz CT molecular complexity index is 507. The number of carbonyl (C=O) groups excluding carboxylic acids is 1. The van der Waals surface area contributed by atoms with Crippen molar-refractivity contribution >= 4 is 27.7 Å². The van der Waals surface area contributed by atoms with E-state index in [0.29, 0.717) is 5.82 Å². The molecule has 0 aliphatic rings. The topological polar surface area (TPSA) is 57.8 Å². The van der Waals surface area contributed by atoms with Gasteiger partial charge in [-0.25, -0.2) is 0 Å². The summed E-state index contributed by atoms with van der Waals surface area (Å²) in [5.41, 5.74) is 1.86. The van der Waals surface area contributed by atoms with Crippen LogP contribution >= 0.6 is 15.9 Å². The van der Waals surface area contributed by atoms with Gasteiger partial charge in [-0.3, -0.25) is 9.89 Å². The largest absolute Gasteiger partial charge is 0.308 e. The van der Waals surface area contributed by atoms with Gasteiger partial charge in [0.1, 0.15) is 0 Å². The van der Waals surface area contributed by atoms with Gasteiger partial charge in [-0.2, -0.15) is 5.10 Å². The molecule has 2 N–H and O–H groups in total.